The molecule has 3 rings (SSSR count). The fourth-order valence-corrected chi connectivity index (χ4v) is 3.39. The number of amidine groups is 1. The molecule has 8 nitrogen and oxygen atoms in total. The summed E-state index contributed by atoms with van der Waals surface area (Å²) in [5, 5.41) is 2.76. The van der Waals surface area contributed by atoms with Crippen LogP contribution in [-0.2, 0) is 14.3 Å². The number of urea groups is 1. The van der Waals surface area contributed by atoms with Crippen molar-refractivity contribution < 1.29 is 23.7 Å². The number of rotatable bonds is 4. The van der Waals surface area contributed by atoms with Gasteiger partial charge in [-0.25, -0.2) is 4.79 Å². The lowest BCUT2D eigenvalue weighted by atomic mass is 9.96. The monoisotopic (exact) mass is 383 g/mol. The van der Waals surface area contributed by atoms with E-state index in [1.165, 1.54) is 18.7 Å². The molecule has 2 aliphatic rings. The summed E-state index contributed by atoms with van der Waals surface area (Å²) in [7, 11) is 2.99. The maximum atomic E-state index is 13.0. The number of ether oxygens (including phenoxy) is 1. The Morgan fingerprint density at radius 1 is 1.29 bits per heavy atom. The van der Waals surface area contributed by atoms with Crippen LogP contribution in [0.15, 0.2) is 34.5 Å². The van der Waals surface area contributed by atoms with Crippen LogP contribution in [-0.4, -0.2) is 60.1 Å². The summed E-state index contributed by atoms with van der Waals surface area (Å²) in [6, 6.07) is 5.03. The number of carbonyl (C=O) groups is 3. The van der Waals surface area contributed by atoms with Crippen molar-refractivity contribution in [1.82, 2.24) is 4.90 Å². The largest absolute Gasteiger partial charge is 0.499 e. The number of hydrogen-bond donors (Lipinski definition) is 1. The van der Waals surface area contributed by atoms with Crippen molar-refractivity contribution in [2.45, 2.75) is 20.8 Å². The SMILES string of the molecule is COC1=C(C)C=NC2=[N+](C)C(=O)N(CC(=O)Nc3ccc(C)cc3C)C(=O)C12. The molecule has 0 bridgehead atoms. The fraction of sp³-hybridized carbons (Fsp3) is 0.350. The highest BCUT2D eigenvalue weighted by atomic mass is 16.5. The molecule has 0 aromatic heterocycles. The number of nitrogens with zero attached hydrogens (tertiary/aromatic N) is 3. The lowest BCUT2D eigenvalue weighted by molar-refractivity contribution is -0.408. The zero-order chi connectivity index (χ0) is 20.6. The topological polar surface area (TPSA) is 91.1 Å². The maximum Gasteiger partial charge on any atom is 0.446 e. The number of carbonyl (C=O) groups excluding carboxylic acids is 3. The average molecular weight is 383 g/mol. The Labute approximate surface area is 163 Å². The van der Waals surface area contributed by atoms with Crippen LogP contribution in [0.4, 0.5) is 10.5 Å². The zero-order valence-corrected chi connectivity index (χ0v) is 16.6. The Morgan fingerprint density at radius 2 is 2.00 bits per heavy atom. The van der Waals surface area contributed by atoms with Crippen LogP contribution in [0.2, 0.25) is 0 Å². The minimum atomic E-state index is -0.841. The third-order valence-electron chi connectivity index (χ3n) is 4.85. The van der Waals surface area contributed by atoms with Crippen LogP contribution in [0.3, 0.4) is 0 Å². The van der Waals surface area contributed by atoms with Crippen molar-refractivity contribution in [3.05, 3.63) is 40.7 Å². The Bertz CT molecular complexity index is 974. The second kappa shape index (κ2) is 7.38. The van der Waals surface area contributed by atoms with Gasteiger partial charge in [0.2, 0.25) is 0 Å². The van der Waals surface area contributed by atoms with Crippen molar-refractivity contribution in [3.63, 3.8) is 0 Å². The zero-order valence-electron chi connectivity index (χ0n) is 16.6. The predicted molar refractivity (Wildman–Crippen MR) is 105 cm³/mol. The van der Waals surface area contributed by atoms with Crippen molar-refractivity contribution in [2.24, 2.45) is 10.9 Å². The number of methoxy groups -OCH3 is 1. The van der Waals surface area contributed by atoms with Crippen molar-refractivity contribution in [1.29, 1.82) is 0 Å². The summed E-state index contributed by atoms with van der Waals surface area (Å²) in [5.74, 6) is -1.10. The number of dihydropyridines is 1. The Kier molecular flexibility index (Phi) is 5.13. The number of anilines is 1. The summed E-state index contributed by atoms with van der Waals surface area (Å²) in [4.78, 5) is 43.4. The first-order valence-corrected chi connectivity index (χ1v) is 8.86. The molecule has 2 heterocycles. The molecule has 1 aromatic carbocycles. The second-order valence-corrected chi connectivity index (χ2v) is 6.93. The number of benzene rings is 1. The summed E-state index contributed by atoms with van der Waals surface area (Å²) >= 11 is 0. The lowest BCUT2D eigenvalue weighted by Crippen LogP contribution is -2.56. The van der Waals surface area contributed by atoms with E-state index in [1.54, 1.807) is 19.2 Å². The van der Waals surface area contributed by atoms with Gasteiger partial charge in [-0.3, -0.25) is 9.59 Å². The van der Waals surface area contributed by atoms with E-state index in [0.29, 0.717) is 22.9 Å². The van der Waals surface area contributed by atoms with E-state index in [-0.39, 0.29) is 0 Å². The van der Waals surface area contributed by atoms with E-state index in [1.807, 2.05) is 26.0 Å². The highest BCUT2D eigenvalue weighted by Crippen LogP contribution is 2.27. The van der Waals surface area contributed by atoms with E-state index >= 15 is 0 Å². The van der Waals surface area contributed by atoms with Crippen LogP contribution in [0.1, 0.15) is 18.1 Å². The van der Waals surface area contributed by atoms with Gasteiger partial charge in [0.05, 0.1) is 14.2 Å². The number of imide groups is 1. The van der Waals surface area contributed by atoms with Gasteiger partial charge >= 0.3 is 11.9 Å². The van der Waals surface area contributed by atoms with Gasteiger partial charge in [-0.15, -0.1) is 4.99 Å². The highest BCUT2D eigenvalue weighted by molar-refractivity contribution is 6.17. The van der Waals surface area contributed by atoms with Crippen molar-refractivity contribution in [2.75, 3.05) is 26.0 Å². The molecule has 0 saturated carbocycles. The number of fused-ring (bicyclic) bond motifs is 1. The summed E-state index contributed by atoms with van der Waals surface area (Å²) in [6.07, 6.45) is 1.56. The smallest absolute Gasteiger partial charge is 0.446 e. The third-order valence-corrected chi connectivity index (χ3v) is 4.85. The van der Waals surface area contributed by atoms with Gasteiger partial charge in [0.25, 0.3) is 11.7 Å². The van der Waals surface area contributed by atoms with Gasteiger partial charge in [0.1, 0.15) is 12.0 Å². The number of amides is 4. The normalized spacial score (nSPS) is 19.2. The standard InChI is InChI=1S/C20H22N4O4/c1-11-6-7-14(12(2)8-11)22-15(25)10-24-19(26)16-17(28-5)13(3)9-21-18(16)23(4)20(24)27/h6-9,16H,10H2,1-5H3/p+1. The van der Waals surface area contributed by atoms with E-state index < -0.39 is 30.3 Å². The number of allylic oxidation sites excluding steroid dienone is 1. The van der Waals surface area contributed by atoms with E-state index in [2.05, 4.69) is 10.3 Å². The first kappa shape index (κ1) is 19.5. The third kappa shape index (κ3) is 3.33. The quantitative estimate of drug-likeness (QED) is 0.804. The Hall–Kier alpha value is -3.29. The van der Waals surface area contributed by atoms with Crippen LogP contribution < -0.4 is 5.32 Å². The number of hydrogen-bond acceptors (Lipinski definition) is 5. The molecule has 0 saturated heterocycles. The molecule has 1 atom stereocenters. The lowest BCUT2D eigenvalue weighted by Gasteiger charge is -2.28. The number of aliphatic imine (C=N–C) groups is 1. The van der Waals surface area contributed by atoms with Gasteiger partial charge in [0.15, 0.2) is 12.5 Å². The minimum Gasteiger partial charge on any atom is -0.499 e. The van der Waals surface area contributed by atoms with Crippen molar-refractivity contribution >= 4 is 35.6 Å². The second-order valence-electron chi connectivity index (χ2n) is 6.93. The van der Waals surface area contributed by atoms with Crippen LogP contribution in [0.5, 0.6) is 0 Å². The molecule has 0 fully saturated rings. The average Bonchev–Trinajstić information content (AvgIpc) is 2.65. The molecule has 0 radical (unpaired) electrons. The number of aryl methyl sites for hydroxylation is 2. The molecular weight excluding hydrogens is 360 g/mol. The minimum absolute atomic E-state index is 0.295. The summed E-state index contributed by atoms with van der Waals surface area (Å²) in [6.45, 7) is 5.23. The molecule has 1 aromatic rings. The van der Waals surface area contributed by atoms with Crippen LogP contribution in [0.25, 0.3) is 0 Å². The summed E-state index contributed by atoms with van der Waals surface area (Å²) < 4.78 is 6.66. The molecule has 146 valence electrons. The molecule has 1 N–H and O–H groups in total. The molecule has 28 heavy (non-hydrogen) atoms. The van der Waals surface area contributed by atoms with Gasteiger partial charge in [-0.2, -0.15) is 9.48 Å². The van der Waals surface area contributed by atoms with Crippen LogP contribution >= 0.6 is 0 Å². The summed E-state index contributed by atoms with van der Waals surface area (Å²) in [5.41, 5.74) is 3.32. The molecule has 8 heteroatoms. The Balaban J connectivity index is 1.86. The Morgan fingerprint density at radius 3 is 2.64 bits per heavy atom. The van der Waals surface area contributed by atoms with E-state index in [9.17, 15) is 14.4 Å². The molecule has 2 aliphatic heterocycles. The first-order valence-electron chi connectivity index (χ1n) is 8.86. The predicted octanol–water partition coefficient (Wildman–Crippen LogP) is 1.87. The maximum absolute atomic E-state index is 13.0. The first-order chi connectivity index (χ1) is 13.2. The van der Waals surface area contributed by atoms with Gasteiger partial charge < -0.3 is 10.1 Å². The van der Waals surface area contributed by atoms with Gasteiger partial charge in [-0.05, 0) is 32.4 Å². The molecule has 0 aliphatic carbocycles. The van der Waals surface area contributed by atoms with Gasteiger partial charge in [0, 0.05) is 11.3 Å². The van der Waals surface area contributed by atoms with E-state index in [0.717, 1.165) is 16.0 Å². The molecule has 1 unspecified atom stereocenters. The van der Waals surface area contributed by atoms with Crippen molar-refractivity contribution in [3.8, 4) is 0 Å². The fourth-order valence-electron chi connectivity index (χ4n) is 3.39. The van der Waals surface area contributed by atoms with E-state index in [4.69, 9.17) is 4.74 Å². The number of nitrogens with one attached hydrogen (secondary N) is 1. The molecule has 0 spiro atoms. The molecule has 4 amide bonds. The highest BCUT2D eigenvalue weighted by Gasteiger charge is 2.50. The van der Waals surface area contributed by atoms with Gasteiger partial charge in [-0.1, -0.05) is 17.7 Å². The molecular formula is C20H23N4O4+. The van der Waals surface area contributed by atoms with Crippen LogP contribution in [0, 0.1) is 19.8 Å².